The highest BCUT2D eigenvalue weighted by Gasteiger charge is 2.32. The second-order valence-corrected chi connectivity index (χ2v) is 35.6. The Hall–Kier alpha value is -9.29. The second-order valence-electron chi connectivity index (χ2n) is 35.6. The molecule has 12 heteroatoms. The Labute approximate surface area is 667 Å². The summed E-state index contributed by atoms with van der Waals surface area (Å²) in [4.78, 5) is 13.3. The van der Waals surface area contributed by atoms with Crippen molar-refractivity contribution in [1.29, 1.82) is 0 Å². The zero-order chi connectivity index (χ0) is 81.7. The molecule has 0 radical (unpaired) electrons. The van der Waals surface area contributed by atoms with Crippen molar-refractivity contribution in [3.8, 4) is 16.9 Å². The fraction of sp³-hybridized carbons (Fsp3) is 0.434. The molecule has 111 heavy (non-hydrogen) atoms. The van der Waals surface area contributed by atoms with Gasteiger partial charge < -0.3 is 14.5 Å². The summed E-state index contributed by atoms with van der Waals surface area (Å²) in [6.07, 6.45) is 15.4. The number of aromatic nitrogens is 6. The number of hydrogen-bond acceptors (Lipinski definition) is 8. The minimum absolute atomic E-state index is 0.0369. The van der Waals surface area contributed by atoms with Crippen LogP contribution in [-0.2, 0) is 41.8 Å². The van der Waals surface area contributed by atoms with E-state index in [0.29, 0.717) is 22.8 Å². The minimum Gasteiger partial charge on any atom is -0.497 e. The van der Waals surface area contributed by atoms with Crippen molar-refractivity contribution in [2.24, 2.45) is 16.7 Å². The van der Waals surface area contributed by atoms with Crippen LogP contribution >= 0.6 is 0 Å². The quantitative estimate of drug-likeness (QED) is 0.125. The summed E-state index contributed by atoms with van der Waals surface area (Å²) in [6, 6.07) is 68.0. The van der Waals surface area contributed by atoms with Gasteiger partial charge in [-0.15, -0.1) is 0 Å². The van der Waals surface area contributed by atoms with E-state index in [4.69, 9.17) is 4.74 Å². The summed E-state index contributed by atoms with van der Waals surface area (Å²) < 4.78 is 45.4. The molecule has 2 aliphatic heterocycles. The van der Waals surface area contributed by atoms with E-state index in [1.165, 1.54) is 99.4 Å². The van der Waals surface area contributed by atoms with Crippen LogP contribution in [0.4, 0.5) is 24.5 Å². The molecule has 0 bridgehead atoms. The van der Waals surface area contributed by atoms with Gasteiger partial charge in [0.1, 0.15) is 11.9 Å². The number of ether oxygens (including phenoxy) is 1. The predicted molar refractivity (Wildman–Crippen MR) is 466 cm³/mol. The third-order valence-corrected chi connectivity index (χ3v) is 19.6. The lowest BCUT2D eigenvalue weighted by Gasteiger charge is -2.34. The number of pyridine rings is 2. The van der Waals surface area contributed by atoms with E-state index >= 15 is 0 Å². The number of methoxy groups -OCH3 is 1. The van der Waals surface area contributed by atoms with E-state index in [0.717, 1.165) is 72.2 Å². The lowest BCUT2D eigenvalue weighted by molar-refractivity contribution is -0.805. The fourth-order valence-electron chi connectivity index (χ4n) is 13.0. The maximum Gasteiger partial charge on any atom is 0.416 e. The first-order valence-corrected chi connectivity index (χ1v) is 40.1. The van der Waals surface area contributed by atoms with Gasteiger partial charge in [-0.05, 0) is 209 Å². The number of rotatable bonds is 10. The maximum atomic E-state index is 12.7. The van der Waals surface area contributed by atoms with Crippen LogP contribution in [0.15, 0.2) is 237 Å². The van der Waals surface area contributed by atoms with Gasteiger partial charge in [-0.3, -0.25) is 9.97 Å². The summed E-state index contributed by atoms with van der Waals surface area (Å²) >= 11 is 0. The van der Waals surface area contributed by atoms with Crippen molar-refractivity contribution in [2.45, 2.75) is 238 Å². The van der Waals surface area contributed by atoms with Gasteiger partial charge >= 0.3 is 6.18 Å². The first-order valence-electron chi connectivity index (χ1n) is 40.1. The number of aryl methyl sites for hydroxylation is 2. The third kappa shape index (κ3) is 30.4. The van der Waals surface area contributed by atoms with E-state index in [1.807, 2.05) is 104 Å². The largest absolute Gasteiger partial charge is 0.497 e. The highest BCUT2D eigenvalue weighted by atomic mass is 19.4. The van der Waals surface area contributed by atoms with Crippen LogP contribution in [-0.4, -0.2) is 58.0 Å². The molecule has 11 aromatic rings. The van der Waals surface area contributed by atoms with E-state index < -0.39 is 11.7 Å². The molecule has 7 aromatic carbocycles. The second kappa shape index (κ2) is 42.4. The molecule has 4 aromatic heterocycles. The van der Waals surface area contributed by atoms with Crippen molar-refractivity contribution in [3.63, 3.8) is 0 Å². The summed E-state index contributed by atoms with van der Waals surface area (Å²) in [6.45, 7) is 51.3. The lowest BCUT2D eigenvalue weighted by atomic mass is 9.76. The maximum absolute atomic E-state index is 12.7. The molecule has 9 nitrogen and oxygen atoms in total. The molecule has 0 amide bonds. The van der Waals surface area contributed by atoms with Gasteiger partial charge in [0.25, 0.3) is 0 Å². The molecule has 0 N–H and O–H groups in total. The van der Waals surface area contributed by atoms with Crippen molar-refractivity contribution in [3.05, 3.63) is 282 Å². The van der Waals surface area contributed by atoms with Crippen molar-refractivity contribution >= 4 is 32.9 Å². The van der Waals surface area contributed by atoms with E-state index in [-0.39, 0.29) is 22.3 Å². The molecule has 0 aliphatic carbocycles. The Morgan fingerprint density at radius 1 is 0.514 bits per heavy atom. The molecule has 6 heterocycles. The van der Waals surface area contributed by atoms with Gasteiger partial charge in [-0.1, -0.05) is 250 Å². The Bertz CT molecular complexity index is 4460. The van der Waals surface area contributed by atoms with E-state index in [2.05, 4.69) is 301 Å². The molecule has 0 spiro atoms. The van der Waals surface area contributed by atoms with E-state index in [1.54, 1.807) is 19.4 Å². The Balaban J connectivity index is 0.000000199. The average molecular weight is 1510 g/mol. The van der Waals surface area contributed by atoms with Crippen LogP contribution in [0.2, 0.25) is 0 Å². The van der Waals surface area contributed by atoms with Gasteiger partial charge in [0.05, 0.1) is 24.1 Å². The van der Waals surface area contributed by atoms with Crippen LogP contribution in [0.3, 0.4) is 0 Å². The first-order chi connectivity index (χ1) is 52.2. The van der Waals surface area contributed by atoms with Gasteiger partial charge in [0, 0.05) is 110 Å². The van der Waals surface area contributed by atoms with Gasteiger partial charge in [-0.25, -0.2) is 0 Å². The normalized spacial score (nSPS) is 13.2. The fourth-order valence-corrected chi connectivity index (χ4v) is 13.0. The topological polar surface area (TPSA) is 84.0 Å². The number of nitrogens with zero attached hydrogens (tertiary/aromatic N) is 8. The molecule has 2 aliphatic rings. The Kier molecular flexibility index (Phi) is 34.6. The molecule has 1 atom stereocenters. The minimum atomic E-state index is -4.26. The number of hydrogen-bond donors (Lipinski definition) is 0. The van der Waals surface area contributed by atoms with Gasteiger partial charge in [0.2, 0.25) is 0 Å². The number of fused-ring (bicyclic) bond motifs is 3. The molecule has 1 unspecified atom stereocenters. The Morgan fingerprint density at radius 2 is 1.14 bits per heavy atom. The van der Waals surface area contributed by atoms with Crippen LogP contribution in [0.5, 0.6) is 5.75 Å². The summed E-state index contributed by atoms with van der Waals surface area (Å²) in [7, 11) is 1.69. The summed E-state index contributed by atoms with van der Waals surface area (Å²) in [5, 5.41) is 17.4. The SMILES string of the molecule is CC(C)(C)Cc1cccnc1.CC(C)(C)[n+]1ccc(-c2ccccc2)cn1.CC(C)(C)c1cccnn1.CC(C)CCc1ccccc1.CC(C)N1CCCc2ccccc21.CC(C)c1cc(C(F)(F)F)ccc1N1CCCC1.CC(c1cccc2ccccc12)C(C)(C)C.COc1ccc2c(C(C)(C)C)nccc2c1. The van der Waals surface area contributed by atoms with Crippen molar-refractivity contribution in [1.82, 2.24) is 25.3 Å². The standard InChI is InChI=1S/C16H20.C14H18F3N.C14H17N2.C14H17NO.C12H17N.C11H16.C10H15N.C8H12N2/c1-12(16(2,3)4)14-11-7-9-13-8-5-6-10-15(13)14;1-10(2)12-9-11(14(15,16)17)5-6-13(12)18-7-3-4-8-18;1-14(2,3)16-10-9-13(11-15-16)12-7-5-4-6-8-12;1-14(2,3)13-12-6-5-11(16-4)9-10(12)7-8-15-13;1-10(2)13-9-5-7-11-6-3-4-8-12(11)13;1-10(2)8-9-11-6-4-3-5-7-11;1-10(2,3)7-9-5-4-6-11-8-9;1-8(2,3)7-5-4-6-9-10-7/h5-12H,1-4H3;5-6,9-10H,3-4,7-8H2,1-2H3;4-11H,1-3H3;5-9H,1-4H3;3-4,6,8,10H,5,7,9H2,1-2H3;3-7,10H,8-9H2,1-2H3;4-6,8H,7H2,1-3H3;4-6H,1-3H3/q;;+1;;;;;. The Morgan fingerprint density at radius 3 is 1.69 bits per heavy atom. The van der Waals surface area contributed by atoms with Gasteiger partial charge in [0.15, 0.2) is 11.7 Å². The number of para-hydroxylation sites is 1. The molecule has 1 fully saturated rings. The van der Waals surface area contributed by atoms with Gasteiger partial charge in [-0.2, -0.15) is 23.4 Å². The highest BCUT2D eigenvalue weighted by molar-refractivity contribution is 5.87. The average Bonchev–Trinajstić information content (AvgIpc) is 1.23. The van der Waals surface area contributed by atoms with E-state index in [9.17, 15) is 13.2 Å². The number of benzene rings is 7. The smallest absolute Gasteiger partial charge is 0.416 e. The summed E-state index contributed by atoms with van der Waals surface area (Å²) in [5.41, 5.74) is 13.8. The molecule has 0 saturated carbocycles. The van der Waals surface area contributed by atoms with Crippen LogP contribution in [0.25, 0.3) is 32.7 Å². The molecular formula is C99H132F3N8O+. The predicted octanol–water partition coefficient (Wildman–Crippen LogP) is 26.3. The van der Waals surface area contributed by atoms with Crippen LogP contribution < -0.4 is 19.2 Å². The number of alkyl halides is 3. The zero-order valence-electron chi connectivity index (χ0n) is 71.5. The third-order valence-electron chi connectivity index (χ3n) is 19.6. The zero-order valence-corrected chi connectivity index (χ0v) is 71.5. The summed E-state index contributed by atoms with van der Waals surface area (Å²) in [5.74, 6) is 2.37. The van der Waals surface area contributed by atoms with Crippen LogP contribution in [0, 0.1) is 16.7 Å². The molecule has 13 rings (SSSR count). The molecule has 594 valence electrons. The highest BCUT2D eigenvalue weighted by Crippen LogP contribution is 2.40. The number of anilines is 2. The lowest BCUT2D eigenvalue weighted by Crippen LogP contribution is -2.52. The van der Waals surface area contributed by atoms with Crippen molar-refractivity contribution < 1.29 is 22.6 Å². The molecule has 1 saturated heterocycles. The van der Waals surface area contributed by atoms with Crippen LogP contribution in [0.1, 0.15) is 235 Å². The monoisotopic (exact) mass is 1510 g/mol. The first kappa shape index (κ1) is 90.6. The number of halogens is 3. The van der Waals surface area contributed by atoms with Crippen molar-refractivity contribution in [2.75, 3.05) is 36.5 Å². The molecular weight excluding hydrogens is 1370 g/mol.